The molecule has 4 rings (SSSR count). The van der Waals surface area contributed by atoms with E-state index >= 15 is 0 Å². The fraction of sp³-hybridized carbons (Fsp3) is 0.353. The molecule has 4 heterocycles. The maximum Gasteiger partial charge on any atom is 0.271 e. The van der Waals surface area contributed by atoms with Crippen molar-refractivity contribution in [2.75, 3.05) is 5.32 Å². The molecule has 0 bridgehead atoms. The van der Waals surface area contributed by atoms with Gasteiger partial charge in [0.15, 0.2) is 0 Å². The molecule has 1 saturated heterocycles. The summed E-state index contributed by atoms with van der Waals surface area (Å²) >= 11 is 6.42. The summed E-state index contributed by atoms with van der Waals surface area (Å²) in [5.41, 5.74) is 3.25. The molecule has 1 fully saturated rings. The van der Waals surface area contributed by atoms with Gasteiger partial charge in [-0.25, -0.2) is 9.97 Å². The van der Waals surface area contributed by atoms with E-state index in [9.17, 15) is 4.79 Å². The van der Waals surface area contributed by atoms with E-state index < -0.39 is 5.66 Å². The van der Waals surface area contributed by atoms with Gasteiger partial charge in [0.25, 0.3) is 5.91 Å². The molecule has 1 aromatic heterocycles. The lowest BCUT2D eigenvalue weighted by molar-refractivity contribution is -0.117. The highest BCUT2D eigenvalue weighted by Crippen LogP contribution is 2.55. The van der Waals surface area contributed by atoms with Crippen molar-refractivity contribution < 1.29 is 4.79 Å². The zero-order chi connectivity index (χ0) is 16.9. The van der Waals surface area contributed by atoms with Gasteiger partial charge in [0, 0.05) is 11.8 Å². The van der Waals surface area contributed by atoms with E-state index in [1.54, 1.807) is 18.3 Å². The van der Waals surface area contributed by atoms with Gasteiger partial charge in [0.1, 0.15) is 23.5 Å². The van der Waals surface area contributed by atoms with Gasteiger partial charge in [0.2, 0.25) is 0 Å². The van der Waals surface area contributed by atoms with Crippen LogP contribution in [-0.2, 0) is 4.79 Å². The molecule has 0 radical (unpaired) electrons. The van der Waals surface area contributed by atoms with Crippen LogP contribution in [0.3, 0.4) is 0 Å². The molecule has 1 aromatic rings. The fourth-order valence-corrected chi connectivity index (χ4v) is 4.17. The summed E-state index contributed by atoms with van der Waals surface area (Å²) in [4.78, 5) is 22.7. The number of halogens is 1. The maximum absolute atomic E-state index is 12.5. The summed E-state index contributed by atoms with van der Waals surface area (Å²) in [6.07, 6.45) is 7.67. The number of aromatic nitrogens is 2. The molecule has 0 saturated carbocycles. The Morgan fingerprint density at radius 1 is 1.38 bits per heavy atom. The Labute approximate surface area is 145 Å². The summed E-state index contributed by atoms with van der Waals surface area (Å²) in [7, 11) is 0. The van der Waals surface area contributed by atoms with Crippen molar-refractivity contribution in [3.63, 3.8) is 0 Å². The van der Waals surface area contributed by atoms with Crippen LogP contribution in [0.15, 0.2) is 52.4 Å². The normalized spacial score (nSPS) is 24.5. The molecular formula is C17H18ClN5O. The molecule has 1 amide bonds. The van der Waals surface area contributed by atoms with E-state index in [2.05, 4.69) is 39.3 Å². The maximum atomic E-state index is 12.5. The Hall–Kier alpha value is -2.34. The zero-order valence-electron chi connectivity index (χ0n) is 13.6. The highest BCUT2D eigenvalue weighted by molar-refractivity contribution is 6.34. The number of hydrogen-bond donors (Lipinski definition) is 2. The van der Waals surface area contributed by atoms with E-state index in [0.29, 0.717) is 16.5 Å². The molecule has 6 nitrogen and oxygen atoms in total. The lowest BCUT2D eigenvalue weighted by Gasteiger charge is -2.53. The van der Waals surface area contributed by atoms with Crippen LogP contribution in [-0.4, -0.2) is 26.4 Å². The molecule has 0 aliphatic carbocycles. The van der Waals surface area contributed by atoms with Gasteiger partial charge in [-0.15, -0.1) is 0 Å². The average molecular weight is 344 g/mol. The van der Waals surface area contributed by atoms with Gasteiger partial charge in [-0.05, 0) is 25.0 Å². The summed E-state index contributed by atoms with van der Waals surface area (Å²) in [6.45, 7) is 4.23. The molecule has 1 unspecified atom stereocenters. The third-order valence-electron chi connectivity index (χ3n) is 4.71. The first-order valence-corrected chi connectivity index (χ1v) is 8.51. The molecular weight excluding hydrogens is 326 g/mol. The lowest BCUT2D eigenvalue weighted by atomic mass is 9.80. The Bertz CT molecular complexity index is 814. The van der Waals surface area contributed by atoms with Crippen LogP contribution in [0.5, 0.6) is 0 Å². The predicted octanol–water partition coefficient (Wildman–Crippen LogP) is 2.84. The highest BCUT2D eigenvalue weighted by atomic mass is 35.5. The van der Waals surface area contributed by atoms with Gasteiger partial charge in [-0.2, -0.15) is 0 Å². The first kappa shape index (κ1) is 15.2. The van der Waals surface area contributed by atoms with Crippen molar-refractivity contribution in [1.82, 2.24) is 20.2 Å². The third-order valence-corrected chi connectivity index (χ3v) is 5.00. The number of carbonyl (C=O) groups is 1. The highest BCUT2D eigenvalue weighted by Gasteiger charge is 2.60. The van der Waals surface area contributed by atoms with E-state index in [-0.39, 0.29) is 5.91 Å². The molecule has 0 aromatic carbocycles. The predicted molar refractivity (Wildman–Crippen MR) is 91.6 cm³/mol. The van der Waals surface area contributed by atoms with Crippen LogP contribution < -0.4 is 10.6 Å². The molecule has 7 heteroatoms. The van der Waals surface area contributed by atoms with Crippen LogP contribution in [0.2, 0.25) is 0 Å². The van der Waals surface area contributed by atoms with Crippen LogP contribution in [0.1, 0.15) is 33.1 Å². The van der Waals surface area contributed by atoms with E-state index in [1.807, 2.05) is 0 Å². The summed E-state index contributed by atoms with van der Waals surface area (Å²) in [5, 5.41) is 6.90. The molecule has 24 heavy (non-hydrogen) atoms. The number of carbonyl (C=O) groups excluding carboxylic acids is 1. The average Bonchev–Trinajstić information content (AvgIpc) is 2.81. The van der Waals surface area contributed by atoms with Crippen LogP contribution in [0.25, 0.3) is 0 Å². The van der Waals surface area contributed by atoms with Gasteiger partial charge in [-0.3, -0.25) is 4.79 Å². The van der Waals surface area contributed by atoms with Crippen molar-refractivity contribution in [2.24, 2.45) is 0 Å². The van der Waals surface area contributed by atoms with Crippen LogP contribution in [0.4, 0.5) is 5.82 Å². The second-order valence-electron chi connectivity index (χ2n) is 6.05. The molecule has 2 N–H and O–H groups in total. The second-order valence-corrected chi connectivity index (χ2v) is 6.46. The number of anilines is 1. The fourth-order valence-electron chi connectivity index (χ4n) is 3.89. The van der Waals surface area contributed by atoms with Gasteiger partial charge >= 0.3 is 0 Å². The van der Waals surface area contributed by atoms with Crippen molar-refractivity contribution in [3.8, 4) is 0 Å². The standard InChI is InChI=1S/C17H18ClN5O/c1-3-6-17-10(4-2)14-12(21-13-5-7-19-9-20-13)8-11(18)15(23(14)17)16(24)22-17/h5,7-9H,3-4,6H2,1-2H3,(H,22,24)(H,19,20,21). The van der Waals surface area contributed by atoms with Gasteiger partial charge in [0.05, 0.1) is 16.4 Å². The van der Waals surface area contributed by atoms with Crippen molar-refractivity contribution >= 4 is 23.3 Å². The van der Waals surface area contributed by atoms with Crippen LogP contribution in [0, 0.1) is 0 Å². The Kier molecular flexibility index (Phi) is 3.38. The largest absolute Gasteiger partial charge is 0.338 e. The third kappa shape index (κ3) is 1.86. The SMILES string of the molecule is CCCC12NC(=O)C3=C(Cl)C=C(Nc4ccncn4)C(=C1CC)N32. The molecule has 0 spiro atoms. The smallest absolute Gasteiger partial charge is 0.271 e. The number of hydrogen-bond acceptors (Lipinski definition) is 5. The Morgan fingerprint density at radius 3 is 2.88 bits per heavy atom. The number of nitrogens with zero attached hydrogens (tertiary/aromatic N) is 3. The number of rotatable bonds is 5. The first-order chi connectivity index (χ1) is 11.6. The molecule has 124 valence electrons. The summed E-state index contributed by atoms with van der Waals surface area (Å²) in [5.74, 6) is 0.588. The van der Waals surface area contributed by atoms with Crippen molar-refractivity contribution in [3.05, 3.63) is 52.4 Å². The number of nitrogens with one attached hydrogen (secondary N) is 2. The number of amides is 1. The minimum atomic E-state index is -0.418. The molecule has 1 atom stereocenters. The second kappa shape index (κ2) is 5.34. The summed E-state index contributed by atoms with van der Waals surface area (Å²) in [6, 6.07) is 1.80. The van der Waals surface area contributed by atoms with E-state index in [4.69, 9.17) is 11.6 Å². The number of allylic oxidation sites excluding steroid dienone is 2. The Balaban J connectivity index is 1.83. The molecule has 3 aliphatic rings. The lowest BCUT2D eigenvalue weighted by Crippen LogP contribution is -2.61. The van der Waals surface area contributed by atoms with Crippen molar-refractivity contribution in [2.45, 2.75) is 38.8 Å². The van der Waals surface area contributed by atoms with Crippen LogP contribution >= 0.6 is 11.6 Å². The van der Waals surface area contributed by atoms with Gasteiger partial charge in [-0.1, -0.05) is 31.9 Å². The first-order valence-electron chi connectivity index (χ1n) is 8.13. The van der Waals surface area contributed by atoms with Crippen molar-refractivity contribution in [1.29, 1.82) is 0 Å². The monoisotopic (exact) mass is 343 g/mol. The van der Waals surface area contributed by atoms with E-state index in [1.165, 1.54) is 11.9 Å². The minimum absolute atomic E-state index is 0.105. The zero-order valence-corrected chi connectivity index (χ0v) is 14.3. The topological polar surface area (TPSA) is 70.1 Å². The minimum Gasteiger partial charge on any atom is -0.338 e. The summed E-state index contributed by atoms with van der Waals surface area (Å²) < 4.78 is 0. The van der Waals surface area contributed by atoms with E-state index in [0.717, 1.165) is 30.7 Å². The quantitative estimate of drug-likeness (QED) is 0.860. The van der Waals surface area contributed by atoms with Gasteiger partial charge < -0.3 is 15.5 Å². The molecule has 3 aliphatic heterocycles. The Morgan fingerprint density at radius 2 is 2.21 bits per heavy atom.